The fraction of sp³-hybridized carbons (Fsp3) is 0.364. The number of thioether (sulfide) groups is 1. The maximum Gasteiger partial charge on any atom is 0.317 e. The maximum absolute atomic E-state index is 11.0. The van der Waals surface area contributed by atoms with Gasteiger partial charge in [-0.1, -0.05) is 37.0 Å². The number of carboxylic acid groups (broad SMARTS) is 1. The summed E-state index contributed by atoms with van der Waals surface area (Å²) in [6.45, 7) is 3.74. The van der Waals surface area contributed by atoms with E-state index in [2.05, 4.69) is 0 Å². The van der Waals surface area contributed by atoms with Gasteiger partial charge in [-0.15, -0.1) is 11.8 Å². The summed E-state index contributed by atoms with van der Waals surface area (Å²) in [7, 11) is 0. The summed E-state index contributed by atoms with van der Waals surface area (Å²) in [5.74, 6) is -0.791. The summed E-state index contributed by atoms with van der Waals surface area (Å²) in [6.07, 6.45) is 0. The third kappa shape index (κ3) is 3.58. The molecule has 0 saturated heterocycles. The standard InChI is InChI=1S/C11H12Cl2O2S/c1-6(2)10(11(14)15)16-9-4-3-7(12)5-8(9)13/h3-6,10H,1-2H3,(H,14,15). The second-order valence-corrected chi connectivity index (χ2v) is 5.72. The van der Waals surface area contributed by atoms with Crippen LogP contribution in [0.4, 0.5) is 0 Å². The largest absolute Gasteiger partial charge is 0.480 e. The smallest absolute Gasteiger partial charge is 0.317 e. The van der Waals surface area contributed by atoms with Gasteiger partial charge in [-0.2, -0.15) is 0 Å². The molecule has 0 fully saturated rings. The number of carbonyl (C=O) groups is 1. The third-order valence-corrected chi connectivity index (χ3v) is 4.27. The van der Waals surface area contributed by atoms with Gasteiger partial charge in [0.1, 0.15) is 5.25 Å². The SMILES string of the molecule is CC(C)C(Sc1ccc(Cl)cc1Cl)C(=O)O. The molecule has 1 rings (SSSR count). The molecule has 0 aliphatic carbocycles. The van der Waals surface area contributed by atoms with Gasteiger partial charge in [-0.3, -0.25) is 4.79 Å². The molecule has 0 aliphatic rings. The third-order valence-electron chi connectivity index (χ3n) is 2.00. The Morgan fingerprint density at radius 1 is 1.38 bits per heavy atom. The normalized spacial score (nSPS) is 12.8. The van der Waals surface area contributed by atoms with Crippen LogP contribution in [0.15, 0.2) is 23.1 Å². The second-order valence-electron chi connectivity index (χ2n) is 3.70. The van der Waals surface area contributed by atoms with Crippen LogP contribution in [0, 0.1) is 5.92 Å². The lowest BCUT2D eigenvalue weighted by molar-refractivity contribution is -0.137. The molecule has 2 nitrogen and oxygen atoms in total. The van der Waals surface area contributed by atoms with Crippen LogP contribution in [-0.4, -0.2) is 16.3 Å². The summed E-state index contributed by atoms with van der Waals surface area (Å²) in [6, 6.07) is 5.06. The highest BCUT2D eigenvalue weighted by Crippen LogP contribution is 2.34. The molecule has 0 bridgehead atoms. The van der Waals surface area contributed by atoms with E-state index in [4.69, 9.17) is 28.3 Å². The van der Waals surface area contributed by atoms with Crippen molar-refractivity contribution in [2.45, 2.75) is 24.0 Å². The lowest BCUT2D eigenvalue weighted by Gasteiger charge is -2.16. The lowest BCUT2D eigenvalue weighted by atomic mass is 10.1. The van der Waals surface area contributed by atoms with E-state index in [0.717, 1.165) is 4.90 Å². The topological polar surface area (TPSA) is 37.3 Å². The average molecular weight is 279 g/mol. The molecular weight excluding hydrogens is 267 g/mol. The molecule has 0 amide bonds. The van der Waals surface area contributed by atoms with Crippen molar-refractivity contribution in [1.29, 1.82) is 0 Å². The summed E-state index contributed by atoms with van der Waals surface area (Å²) < 4.78 is 0. The highest BCUT2D eigenvalue weighted by Gasteiger charge is 2.23. The predicted molar refractivity (Wildman–Crippen MR) is 68.6 cm³/mol. The Hall–Kier alpha value is -0.380. The number of benzene rings is 1. The number of halogens is 2. The fourth-order valence-electron chi connectivity index (χ4n) is 1.18. The van der Waals surface area contributed by atoms with E-state index in [-0.39, 0.29) is 5.92 Å². The zero-order chi connectivity index (χ0) is 12.3. The van der Waals surface area contributed by atoms with Gasteiger partial charge in [-0.05, 0) is 24.1 Å². The van der Waals surface area contributed by atoms with Crippen LogP contribution in [0.25, 0.3) is 0 Å². The lowest BCUT2D eigenvalue weighted by Crippen LogP contribution is -2.22. The van der Waals surface area contributed by atoms with Gasteiger partial charge in [0.2, 0.25) is 0 Å². The Morgan fingerprint density at radius 3 is 2.44 bits per heavy atom. The van der Waals surface area contributed by atoms with Gasteiger partial charge in [-0.25, -0.2) is 0 Å². The fourth-order valence-corrected chi connectivity index (χ4v) is 2.69. The van der Waals surface area contributed by atoms with Crippen LogP contribution < -0.4 is 0 Å². The first kappa shape index (κ1) is 13.7. The summed E-state index contributed by atoms with van der Waals surface area (Å²) in [5, 5.41) is 9.60. The first-order valence-electron chi connectivity index (χ1n) is 4.76. The molecule has 0 aromatic heterocycles. The molecule has 0 spiro atoms. The molecule has 1 unspecified atom stereocenters. The second kappa shape index (κ2) is 5.80. The molecule has 0 aliphatic heterocycles. The van der Waals surface area contributed by atoms with Gasteiger partial charge >= 0.3 is 5.97 Å². The summed E-state index contributed by atoms with van der Waals surface area (Å²) in [5.41, 5.74) is 0. The zero-order valence-electron chi connectivity index (χ0n) is 8.91. The van der Waals surface area contributed by atoms with Crippen LogP contribution >= 0.6 is 35.0 Å². The average Bonchev–Trinajstić information content (AvgIpc) is 2.15. The van der Waals surface area contributed by atoms with Gasteiger partial charge in [0.05, 0.1) is 5.02 Å². The van der Waals surface area contributed by atoms with Crippen LogP contribution in [-0.2, 0) is 4.79 Å². The van der Waals surface area contributed by atoms with Crippen LogP contribution in [0.1, 0.15) is 13.8 Å². The number of aliphatic carboxylic acids is 1. The van der Waals surface area contributed by atoms with E-state index in [1.807, 2.05) is 13.8 Å². The molecule has 1 atom stereocenters. The van der Waals surface area contributed by atoms with Crippen molar-refractivity contribution in [3.8, 4) is 0 Å². The Labute approximate surface area is 109 Å². The number of hydrogen-bond donors (Lipinski definition) is 1. The molecule has 1 aromatic carbocycles. The predicted octanol–water partition coefficient (Wildman–Crippen LogP) is 4.19. The summed E-state index contributed by atoms with van der Waals surface area (Å²) in [4.78, 5) is 11.8. The van der Waals surface area contributed by atoms with Crippen molar-refractivity contribution >= 4 is 40.9 Å². The van der Waals surface area contributed by atoms with E-state index in [1.165, 1.54) is 11.8 Å². The summed E-state index contributed by atoms with van der Waals surface area (Å²) >= 11 is 13.0. The highest BCUT2D eigenvalue weighted by atomic mass is 35.5. The molecule has 5 heteroatoms. The quantitative estimate of drug-likeness (QED) is 0.839. The van der Waals surface area contributed by atoms with Gasteiger partial charge in [0.25, 0.3) is 0 Å². The van der Waals surface area contributed by atoms with Crippen LogP contribution in [0.3, 0.4) is 0 Å². The first-order chi connectivity index (χ1) is 7.41. The van der Waals surface area contributed by atoms with E-state index in [0.29, 0.717) is 10.0 Å². The molecule has 0 radical (unpaired) electrons. The van der Waals surface area contributed by atoms with E-state index >= 15 is 0 Å². The number of carboxylic acids is 1. The van der Waals surface area contributed by atoms with Crippen LogP contribution in [0.5, 0.6) is 0 Å². The minimum Gasteiger partial charge on any atom is -0.480 e. The monoisotopic (exact) mass is 278 g/mol. The first-order valence-corrected chi connectivity index (χ1v) is 6.40. The molecule has 0 saturated carbocycles. The molecule has 1 N–H and O–H groups in total. The molecular formula is C11H12Cl2O2S. The highest BCUT2D eigenvalue weighted by molar-refractivity contribution is 8.00. The Morgan fingerprint density at radius 2 is 2.00 bits per heavy atom. The van der Waals surface area contributed by atoms with Gasteiger partial charge in [0.15, 0.2) is 0 Å². The minimum absolute atomic E-state index is 0.0363. The molecule has 1 aromatic rings. The van der Waals surface area contributed by atoms with E-state index in [9.17, 15) is 4.79 Å². The van der Waals surface area contributed by atoms with E-state index in [1.54, 1.807) is 18.2 Å². The Bertz CT molecular complexity index is 394. The Balaban J connectivity index is 2.90. The van der Waals surface area contributed by atoms with Crippen molar-refractivity contribution in [2.75, 3.05) is 0 Å². The molecule has 88 valence electrons. The van der Waals surface area contributed by atoms with Gasteiger partial charge < -0.3 is 5.11 Å². The number of hydrogen-bond acceptors (Lipinski definition) is 2. The van der Waals surface area contributed by atoms with Crippen molar-refractivity contribution in [3.05, 3.63) is 28.2 Å². The molecule has 0 heterocycles. The maximum atomic E-state index is 11.0. The van der Waals surface area contributed by atoms with Crippen LogP contribution in [0.2, 0.25) is 10.0 Å². The minimum atomic E-state index is -0.828. The number of rotatable bonds is 4. The molecule has 16 heavy (non-hydrogen) atoms. The van der Waals surface area contributed by atoms with Gasteiger partial charge in [0, 0.05) is 9.92 Å². The Kier molecular flexibility index (Phi) is 4.96. The van der Waals surface area contributed by atoms with Crippen molar-refractivity contribution < 1.29 is 9.90 Å². The van der Waals surface area contributed by atoms with Crippen molar-refractivity contribution in [3.63, 3.8) is 0 Å². The zero-order valence-corrected chi connectivity index (χ0v) is 11.2. The van der Waals surface area contributed by atoms with E-state index < -0.39 is 11.2 Å². The van der Waals surface area contributed by atoms with Crippen molar-refractivity contribution in [1.82, 2.24) is 0 Å². The van der Waals surface area contributed by atoms with Crippen molar-refractivity contribution in [2.24, 2.45) is 5.92 Å².